The number of hydrogen-bond acceptors (Lipinski definition) is 4. The molecular weight excluding hydrogens is 543 g/mol. The molecule has 0 spiro atoms. The Morgan fingerprint density at radius 3 is 2.44 bits per heavy atom. The van der Waals surface area contributed by atoms with Gasteiger partial charge in [0, 0.05) is 38.2 Å². The first kappa shape index (κ1) is 25.4. The number of nitrogens with zero attached hydrogens (tertiary/aromatic N) is 1. The number of carbonyl (C=O) groups is 1. The molecule has 34 heavy (non-hydrogen) atoms. The summed E-state index contributed by atoms with van der Waals surface area (Å²) in [5, 5.41) is 9.61. The van der Waals surface area contributed by atoms with E-state index < -0.39 is 0 Å². The molecule has 4 rings (SSSR count). The summed E-state index contributed by atoms with van der Waals surface area (Å²) < 4.78 is 11.3. The van der Waals surface area contributed by atoms with E-state index in [1.807, 2.05) is 66.7 Å². The Morgan fingerprint density at radius 1 is 1.00 bits per heavy atom. The van der Waals surface area contributed by atoms with Crippen LogP contribution in [0, 0.1) is 0 Å². The molecule has 3 N–H and O–H groups in total. The van der Waals surface area contributed by atoms with E-state index in [9.17, 15) is 4.79 Å². The van der Waals surface area contributed by atoms with Crippen LogP contribution in [0.1, 0.15) is 23.5 Å². The minimum Gasteiger partial charge on any atom is -0.493 e. The largest absolute Gasteiger partial charge is 0.493 e. The third-order valence-corrected chi connectivity index (χ3v) is 5.53. The molecule has 0 aromatic heterocycles. The van der Waals surface area contributed by atoms with Gasteiger partial charge in [-0.2, -0.15) is 0 Å². The van der Waals surface area contributed by atoms with Gasteiger partial charge in [0.2, 0.25) is 5.91 Å². The molecule has 1 amide bonds. The van der Waals surface area contributed by atoms with Crippen LogP contribution >= 0.6 is 24.0 Å². The number of rotatable bonds is 7. The Hall–Kier alpha value is -3.27. The number of amides is 1. The van der Waals surface area contributed by atoms with E-state index >= 15 is 0 Å². The Kier molecular flexibility index (Phi) is 9.15. The SMILES string of the molecule is CN=C(NCc1ccc(Oc2ccccc2OC)cc1)NCC1CC(=O)Nc2ccccc21.I. The predicted octanol–water partition coefficient (Wildman–Crippen LogP) is 4.90. The molecule has 0 bridgehead atoms. The standard InChI is InChI=1S/C26H28N4O3.HI/c1-27-26(29-17-19-15-25(31)30-22-8-4-3-7-21(19)22)28-16-18-11-13-20(14-12-18)33-24-10-6-5-9-23(24)32-2;/h3-14,19H,15-17H2,1-2H3,(H,30,31)(H2,27,28,29);1H. The molecular formula is C26H29IN4O3. The van der Waals surface area contributed by atoms with Gasteiger partial charge >= 0.3 is 0 Å². The van der Waals surface area contributed by atoms with Crippen molar-refractivity contribution in [1.82, 2.24) is 10.6 Å². The van der Waals surface area contributed by atoms with Crippen molar-refractivity contribution in [1.29, 1.82) is 0 Å². The zero-order chi connectivity index (χ0) is 23.0. The second kappa shape index (κ2) is 12.3. The Bertz CT molecular complexity index is 1130. The first-order valence-corrected chi connectivity index (χ1v) is 10.9. The Morgan fingerprint density at radius 2 is 1.71 bits per heavy atom. The van der Waals surface area contributed by atoms with Crippen LogP contribution in [0.15, 0.2) is 77.8 Å². The molecule has 1 heterocycles. The zero-order valence-electron chi connectivity index (χ0n) is 19.2. The molecule has 7 nitrogen and oxygen atoms in total. The summed E-state index contributed by atoms with van der Waals surface area (Å²) in [5.41, 5.74) is 3.12. The fourth-order valence-corrected chi connectivity index (χ4v) is 3.82. The first-order valence-electron chi connectivity index (χ1n) is 10.9. The molecule has 3 aromatic carbocycles. The van der Waals surface area contributed by atoms with Crippen LogP contribution in [-0.2, 0) is 11.3 Å². The minimum absolute atomic E-state index is 0. The van der Waals surface area contributed by atoms with Gasteiger partial charge in [-0.1, -0.05) is 42.5 Å². The van der Waals surface area contributed by atoms with Gasteiger partial charge in [0.05, 0.1) is 7.11 Å². The second-order valence-corrected chi connectivity index (χ2v) is 7.74. The van der Waals surface area contributed by atoms with Crippen LogP contribution in [0.3, 0.4) is 0 Å². The monoisotopic (exact) mass is 572 g/mol. The van der Waals surface area contributed by atoms with Gasteiger partial charge < -0.3 is 25.4 Å². The quantitative estimate of drug-likeness (QED) is 0.213. The molecule has 1 unspecified atom stereocenters. The van der Waals surface area contributed by atoms with Crippen molar-refractivity contribution in [3.8, 4) is 17.2 Å². The summed E-state index contributed by atoms with van der Waals surface area (Å²) in [6.07, 6.45) is 0.453. The number of para-hydroxylation sites is 3. The topological polar surface area (TPSA) is 84.0 Å². The fourth-order valence-electron chi connectivity index (χ4n) is 3.82. The highest BCUT2D eigenvalue weighted by Crippen LogP contribution is 2.32. The van der Waals surface area contributed by atoms with Crippen molar-refractivity contribution >= 4 is 41.5 Å². The molecule has 1 aliphatic heterocycles. The molecule has 0 aliphatic carbocycles. The van der Waals surface area contributed by atoms with Gasteiger partial charge in [0.1, 0.15) is 5.75 Å². The summed E-state index contributed by atoms with van der Waals surface area (Å²) in [4.78, 5) is 16.3. The summed E-state index contributed by atoms with van der Waals surface area (Å²) in [6, 6.07) is 23.4. The van der Waals surface area contributed by atoms with Crippen molar-refractivity contribution < 1.29 is 14.3 Å². The first-order chi connectivity index (χ1) is 16.2. The van der Waals surface area contributed by atoms with Crippen molar-refractivity contribution in [3.63, 3.8) is 0 Å². The maximum Gasteiger partial charge on any atom is 0.225 e. The number of hydrogen-bond donors (Lipinski definition) is 3. The molecule has 0 saturated heterocycles. The summed E-state index contributed by atoms with van der Waals surface area (Å²) in [7, 11) is 3.36. The van der Waals surface area contributed by atoms with E-state index in [4.69, 9.17) is 9.47 Å². The van der Waals surface area contributed by atoms with E-state index in [-0.39, 0.29) is 35.8 Å². The maximum absolute atomic E-state index is 12.0. The number of nitrogens with one attached hydrogen (secondary N) is 3. The van der Waals surface area contributed by atoms with Gasteiger partial charge in [-0.15, -0.1) is 24.0 Å². The van der Waals surface area contributed by atoms with Crippen LogP contribution in [0.2, 0.25) is 0 Å². The maximum atomic E-state index is 12.0. The van der Waals surface area contributed by atoms with Gasteiger partial charge in [-0.05, 0) is 41.5 Å². The zero-order valence-corrected chi connectivity index (χ0v) is 21.5. The Balaban J connectivity index is 0.00000324. The number of carbonyl (C=O) groups excluding carboxylic acids is 1. The fraction of sp³-hybridized carbons (Fsp3) is 0.231. The smallest absolute Gasteiger partial charge is 0.225 e. The number of halogens is 1. The number of ether oxygens (including phenoxy) is 2. The Labute approximate surface area is 217 Å². The number of anilines is 1. The molecule has 8 heteroatoms. The molecule has 1 atom stereocenters. The van der Waals surface area contributed by atoms with Gasteiger partial charge in [0.15, 0.2) is 17.5 Å². The summed E-state index contributed by atoms with van der Waals surface area (Å²) in [6.45, 7) is 1.23. The van der Waals surface area contributed by atoms with Crippen molar-refractivity contribution in [2.75, 3.05) is 26.0 Å². The number of guanidine groups is 1. The highest BCUT2D eigenvalue weighted by atomic mass is 127. The lowest BCUT2D eigenvalue weighted by molar-refractivity contribution is -0.116. The average Bonchev–Trinajstić information content (AvgIpc) is 2.85. The number of fused-ring (bicyclic) bond motifs is 1. The third kappa shape index (κ3) is 6.40. The van der Waals surface area contributed by atoms with Crippen LogP contribution in [0.5, 0.6) is 17.2 Å². The minimum atomic E-state index is 0. The van der Waals surface area contributed by atoms with Crippen molar-refractivity contribution in [2.24, 2.45) is 4.99 Å². The second-order valence-electron chi connectivity index (χ2n) is 7.74. The van der Waals surface area contributed by atoms with Crippen LogP contribution in [0.4, 0.5) is 5.69 Å². The lowest BCUT2D eigenvalue weighted by Crippen LogP contribution is -2.40. The van der Waals surface area contributed by atoms with E-state index in [1.54, 1.807) is 14.2 Å². The van der Waals surface area contributed by atoms with E-state index in [0.29, 0.717) is 37.0 Å². The van der Waals surface area contributed by atoms with E-state index in [0.717, 1.165) is 22.6 Å². The van der Waals surface area contributed by atoms with Crippen molar-refractivity contribution in [2.45, 2.75) is 18.9 Å². The van der Waals surface area contributed by atoms with Gasteiger partial charge in [-0.3, -0.25) is 9.79 Å². The summed E-state index contributed by atoms with van der Waals surface area (Å²) >= 11 is 0. The number of methoxy groups -OCH3 is 1. The van der Waals surface area contributed by atoms with Crippen LogP contribution in [0.25, 0.3) is 0 Å². The average molecular weight is 572 g/mol. The lowest BCUT2D eigenvalue weighted by atomic mass is 9.90. The van der Waals surface area contributed by atoms with Crippen LogP contribution < -0.4 is 25.4 Å². The van der Waals surface area contributed by atoms with E-state index in [1.165, 1.54) is 0 Å². The third-order valence-electron chi connectivity index (χ3n) is 5.53. The van der Waals surface area contributed by atoms with Crippen LogP contribution in [-0.4, -0.2) is 32.6 Å². The predicted molar refractivity (Wildman–Crippen MR) is 146 cm³/mol. The molecule has 0 fully saturated rings. The summed E-state index contributed by atoms with van der Waals surface area (Å²) in [5.74, 6) is 2.93. The lowest BCUT2D eigenvalue weighted by Gasteiger charge is -2.26. The highest BCUT2D eigenvalue weighted by molar-refractivity contribution is 14.0. The van der Waals surface area contributed by atoms with Gasteiger partial charge in [0.25, 0.3) is 0 Å². The normalized spacial score (nSPS) is 14.8. The number of benzene rings is 3. The molecule has 3 aromatic rings. The molecule has 0 saturated carbocycles. The molecule has 1 aliphatic rings. The highest BCUT2D eigenvalue weighted by Gasteiger charge is 2.24. The van der Waals surface area contributed by atoms with Crippen molar-refractivity contribution in [3.05, 3.63) is 83.9 Å². The van der Waals surface area contributed by atoms with E-state index in [2.05, 4.69) is 27.0 Å². The molecule has 0 radical (unpaired) electrons. The number of aliphatic imine (C=N–C) groups is 1. The van der Waals surface area contributed by atoms with Gasteiger partial charge in [-0.25, -0.2) is 0 Å². The molecule has 178 valence electrons.